The predicted molar refractivity (Wildman–Crippen MR) is 80.9 cm³/mol. The van der Waals surface area contributed by atoms with Gasteiger partial charge in [0, 0.05) is 37.8 Å². The quantitative estimate of drug-likeness (QED) is 0.831. The zero-order chi connectivity index (χ0) is 14.0. The topological polar surface area (TPSA) is 41.7 Å². The first kappa shape index (κ1) is 14.0. The minimum absolute atomic E-state index is 0.248. The average molecular weight is 263 g/mol. The molecule has 0 amide bonds. The molecule has 0 bridgehead atoms. The number of benzene rings is 1. The minimum atomic E-state index is 0.248. The van der Waals surface area contributed by atoms with Gasteiger partial charge in [-0.2, -0.15) is 0 Å². The third-order valence-electron chi connectivity index (χ3n) is 3.80. The number of piperazine rings is 1. The second-order valence-electron chi connectivity index (χ2n) is 6.07. The van der Waals surface area contributed by atoms with Crippen LogP contribution in [0.4, 0.5) is 11.4 Å². The Morgan fingerprint density at radius 2 is 1.74 bits per heavy atom. The van der Waals surface area contributed by atoms with Crippen LogP contribution in [0.5, 0.6) is 5.75 Å². The lowest BCUT2D eigenvalue weighted by molar-refractivity contribution is 0.128. The number of hydrogen-bond acceptors (Lipinski definition) is 4. The maximum absolute atomic E-state index is 6.11. The summed E-state index contributed by atoms with van der Waals surface area (Å²) in [6.45, 7) is 11.0. The molecule has 0 aromatic heterocycles. The van der Waals surface area contributed by atoms with Crippen molar-refractivity contribution in [1.82, 2.24) is 4.90 Å². The van der Waals surface area contributed by atoms with Crippen LogP contribution in [0.25, 0.3) is 0 Å². The van der Waals surface area contributed by atoms with Crippen molar-refractivity contribution in [2.45, 2.75) is 26.3 Å². The highest BCUT2D eigenvalue weighted by atomic mass is 16.5. The summed E-state index contributed by atoms with van der Waals surface area (Å²) in [6.07, 6.45) is 0. The van der Waals surface area contributed by atoms with Crippen LogP contribution < -0.4 is 15.4 Å². The van der Waals surface area contributed by atoms with Crippen LogP contribution in [0, 0.1) is 0 Å². The molecule has 0 saturated carbocycles. The van der Waals surface area contributed by atoms with E-state index in [1.807, 2.05) is 12.1 Å². The summed E-state index contributed by atoms with van der Waals surface area (Å²) in [5, 5.41) is 0. The van der Waals surface area contributed by atoms with Gasteiger partial charge < -0.3 is 15.4 Å². The van der Waals surface area contributed by atoms with E-state index in [4.69, 9.17) is 10.5 Å². The van der Waals surface area contributed by atoms with E-state index in [0.29, 0.717) is 0 Å². The zero-order valence-electron chi connectivity index (χ0n) is 12.4. The first-order valence-corrected chi connectivity index (χ1v) is 6.85. The van der Waals surface area contributed by atoms with Crippen LogP contribution in [-0.4, -0.2) is 43.7 Å². The number of rotatable bonds is 2. The van der Waals surface area contributed by atoms with E-state index in [2.05, 4.69) is 36.6 Å². The first-order chi connectivity index (χ1) is 8.91. The average Bonchev–Trinajstić information content (AvgIpc) is 2.37. The SMILES string of the molecule is COc1ccc(N2CCN(C(C)(C)C)CC2)c(N)c1. The Bertz CT molecular complexity index is 432. The van der Waals surface area contributed by atoms with Gasteiger partial charge in [-0.3, -0.25) is 4.90 Å². The van der Waals surface area contributed by atoms with Crippen molar-refractivity contribution in [2.24, 2.45) is 0 Å². The predicted octanol–water partition coefficient (Wildman–Crippen LogP) is 2.20. The number of nitrogens with two attached hydrogens (primary N) is 1. The van der Waals surface area contributed by atoms with Gasteiger partial charge in [0.2, 0.25) is 0 Å². The lowest BCUT2D eigenvalue weighted by atomic mass is 10.0. The van der Waals surface area contributed by atoms with Crippen LogP contribution >= 0.6 is 0 Å². The van der Waals surface area contributed by atoms with Gasteiger partial charge in [0.1, 0.15) is 5.75 Å². The summed E-state index contributed by atoms with van der Waals surface area (Å²) >= 11 is 0. The third kappa shape index (κ3) is 3.13. The molecule has 1 saturated heterocycles. The molecular formula is C15H25N3O. The number of hydrogen-bond donors (Lipinski definition) is 1. The van der Waals surface area contributed by atoms with Gasteiger partial charge in [0.15, 0.2) is 0 Å². The Morgan fingerprint density at radius 3 is 2.21 bits per heavy atom. The number of ether oxygens (including phenoxy) is 1. The Balaban J connectivity index is 2.06. The van der Waals surface area contributed by atoms with Gasteiger partial charge in [-0.25, -0.2) is 0 Å². The van der Waals surface area contributed by atoms with Crippen LogP contribution in [0.2, 0.25) is 0 Å². The monoisotopic (exact) mass is 263 g/mol. The van der Waals surface area contributed by atoms with Crippen molar-refractivity contribution in [3.8, 4) is 5.75 Å². The lowest BCUT2D eigenvalue weighted by Gasteiger charge is -2.43. The van der Waals surface area contributed by atoms with Crippen molar-refractivity contribution in [2.75, 3.05) is 43.9 Å². The molecule has 1 fully saturated rings. The molecule has 0 aliphatic carbocycles. The Kier molecular flexibility index (Phi) is 3.90. The summed E-state index contributed by atoms with van der Waals surface area (Å²) in [7, 11) is 1.66. The van der Waals surface area contributed by atoms with E-state index in [9.17, 15) is 0 Å². The molecule has 1 aromatic carbocycles. The maximum Gasteiger partial charge on any atom is 0.121 e. The summed E-state index contributed by atoms with van der Waals surface area (Å²) in [4.78, 5) is 4.88. The van der Waals surface area contributed by atoms with E-state index in [1.54, 1.807) is 7.11 Å². The molecule has 1 aliphatic rings. The Labute approximate surface area is 116 Å². The fourth-order valence-corrected chi connectivity index (χ4v) is 2.57. The van der Waals surface area contributed by atoms with E-state index in [-0.39, 0.29) is 5.54 Å². The molecule has 0 spiro atoms. The summed E-state index contributed by atoms with van der Waals surface area (Å²) < 4.78 is 5.19. The minimum Gasteiger partial charge on any atom is -0.497 e. The molecule has 1 aromatic rings. The molecule has 2 N–H and O–H groups in total. The molecule has 4 heteroatoms. The molecule has 1 heterocycles. The normalized spacial score (nSPS) is 17.6. The van der Waals surface area contributed by atoms with Gasteiger partial charge in [-0.1, -0.05) is 0 Å². The van der Waals surface area contributed by atoms with E-state index in [0.717, 1.165) is 43.3 Å². The van der Waals surface area contributed by atoms with Gasteiger partial charge in [-0.05, 0) is 32.9 Å². The smallest absolute Gasteiger partial charge is 0.121 e. The molecule has 2 rings (SSSR count). The van der Waals surface area contributed by atoms with Crippen LogP contribution in [0.3, 0.4) is 0 Å². The molecule has 19 heavy (non-hydrogen) atoms. The van der Waals surface area contributed by atoms with Crippen LogP contribution in [0.15, 0.2) is 18.2 Å². The highest BCUT2D eigenvalue weighted by Crippen LogP contribution is 2.29. The van der Waals surface area contributed by atoms with Gasteiger partial charge in [-0.15, -0.1) is 0 Å². The van der Waals surface area contributed by atoms with Crippen molar-refractivity contribution in [3.05, 3.63) is 18.2 Å². The Hall–Kier alpha value is -1.42. The molecule has 1 aliphatic heterocycles. The van der Waals surface area contributed by atoms with E-state index < -0.39 is 0 Å². The fourth-order valence-electron chi connectivity index (χ4n) is 2.57. The third-order valence-corrected chi connectivity index (χ3v) is 3.80. The number of methoxy groups -OCH3 is 1. The highest BCUT2D eigenvalue weighted by Gasteiger charge is 2.26. The molecule has 106 valence electrons. The maximum atomic E-state index is 6.11. The second-order valence-corrected chi connectivity index (χ2v) is 6.07. The van der Waals surface area contributed by atoms with Crippen molar-refractivity contribution in [1.29, 1.82) is 0 Å². The summed E-state index contributed by atoms with van der Waals surface area (Å²) in [5.74, 6) is 0.814. The van der Waals surface area contributed by atoms with Crippen molar-refractivity contribution < 1.29 is 4.74 Å². The first-order valence-electron chi connectivity index (χ1n) is 6.85. The van der Waals surface area contributed by atoms with Crippen molar-refractivity contribution >= 4 is 11.4 Å². The standard InChI is InChI=1S/C15H25N3O/c1-15(2,3)18-9-7-17(8-10-18)14-6-5-12(19-4)11-13(14)16/h5-6,11H,7-10,16H2,1-4H3. The second kappa shape index (κ2) is 5.29. The fraction of sp³-hybridized carbons (Fsp3) is 0.600. The van der Waals surface area contributed by atoms with Gasteiger partial charge >= 0.3 is 0 Å². The van der Waals surface area contributed by atoms with Crippen LogP contribution in [-0.2, 0) is 0 Å². The van der Waals surface area contributed by atoms with E-state index >= 15 is 0 Å². The summed E-state index contributed by atoms with van der Waals surface area (Å²) in [6, 6.07) is 5.92. The molecule has 0 unspecified atom stereocenters. The Morgan fingerprint density at radius 1 is 1.11 bits per heavy atom. The van der Waals surface area contributed by atoms with Crippen LogP contribution in [0.1, 0.15) is 20.8 Å². The van der Waals surface area contributed by atoms with Gasteiger partial charge in [0.25, 0.3) is 0 Å². The lowest BCUT2D eigenvalue weighted by Crippen LogP contribution is -2.53. The van der Waals surface area contributed by atoms with E-state index in [1.165, 1.54) is 0 Å². The zero-order valence-corrected chi connectivity index (χ0v) is 12.4. The number of anilines is 2. The highest BCUT2D eigenvalue weighted by molar-refractivity contribution is 5.69. The largest absolute Gasteiger partial charge is 0.497 e. The molecular weight excluding hydrogens is 238 g/mol. The summed E-state index contributed by atoms with van der Waals surface area (Å²) in [5.41, 5.74) is 8.28. The molecule has 0 atom stereocenters. The molecule has 0 radical (unpaired) electrons. The van der Waals surface area contributed by atoms with Crippen molar-refractivity contribution in [3.63, 3.8) is 0 Å². The number of nitrogen functional groups attached to an aromatic ring is 1. The van der Waals surface area contributed by atoms with Gasteiger partial charge in [0.05, 0.1) is 18.5 Å². The molecule has 4 nitrogen and oxygen atoms in total. The number of nitrogens with zero attached hydrogens (tertiary/aromatic N) is 2.